The van der Waals surface area contributed by atoms with E-state index in [0.29, 0.717) is 12.1 Å². The fourth-order valence-corrected chi connectivity index (χ4v) is 1.12. The summed E-state index contributed by atoms with van der Waals surface area (Å²) in [6, 6.07) is 8.30. The Hall–Kier alpha value is -2.14. The molecule has 0 saturated heterocycles. The van der Waals surface area contributed by atoms with Gasteiger partial charge in [-0.2, -0.15) is 0 Å². The van der Waals surface area contributed by atoms with E-state index in [1.165, 1.54) is 0 Å². The van der Waals surface area contributed by atoms with E-state index in [-0.39, 0.29) is 6.61 Å². The van der Waals surface area contributed by atoms with Gasteiger partial charge in [-0.25, -0.2) is 9.78 Å². The number of aliphatic hydroxyl groups is 1. The van der Waals surface area contributed by atoms with Crippen LogP contribution in [0.15, 0.2) is 49.1 Å². The zero-order chi connectivity index (χ0) is 12.5. The monoisotopic (exact) mass is 234 g/mol. The normalized spacial score (nSPS) is 9.24. The highest BCUT2D eigenvalue weighted by Crippen LogP contribution is 1.96. The van der Waals surface area contributed by atoms with Crippen LogP contribution in [-0.2, 0) is 6.54 Å². The molecule has 17 heavy (non-hydrogen) atoms. The van der Waals surface area contributed by atoms with Gasteiger partial charge in [-0.05, 0) is 12.1 Å². The number of benzene rings is 1. The van der Waals surface area contributed by atoms with Crippen LogP contribution in [0.4, 0.5) is 0 Å². The number of carboxylic acid groups (broad SMARTS) is 1. The second-order valence-corrected chi connectivity index (χ2v) is 3.20. The molecule has 0 aliphatic rings. The van der Waals surface area contributed by atoms with Crippen LogP contribution in [-0.4, -0.2) is 32.3 Å². The van der Waals surface area contributed by atoms with Crippen LogP contribution in [0.3, 0.4) is 0 Å². The first-order valence-corrected chi connectivity index (χ1v) is 5.09. The zero-order valence-electron chi connectivity index (χ0n) is 9.23. The van der Waals surface area contributed by atoms with Crippen LogP contribution < -0.4 is 0 Å². The predicted molar refractivity (Wildman–Crippen MR) is 62.7 cm³/mol. The average molecular weight is 234 g/mol. The van der Waals surface area contributed by atoms with Crippen molar-refractivity contribution in [3.63, 3.8) is 0 Å². The Balaban J connectivity index is 0.000000171. The molecule has 2 aromatic rings. The molecule has 0 saturated carbocycles. The van der Waals surface area contributed by atoms with E-state index in [1.54, 1.807) is 42.9 Å². The van der Waals surface area contributed by atoms with Crippen molar-refractivity contribution >= 4 is 5.97 Å². The summed E-state index contributed by atoms with van der Waals surface area (Å²) in [6.07, 6.45) is 5.18. The average Bonchev–Trinajstić information content (AvgIpc) is 2.84. The van der Waals surface area contributed by atoms with E-state index in [2.05, 4.69) is 4.98 Å². The van der Waals surface area contributed by atoms with Crippen molar-refractivity contribution in [2.75, 3.05) is 6.61 Å². The number of carboxylic acids is 1. The first-order valence-electron chi connectivity index (χ1n) is 5.09. The number of rotatable bonds is 3. The van der Waals surface area contributed by atoms with Crippen molar-refractivity contribution in [2.45, 2.75) is 6.54 Å². The molecule has 2 rings (SSSR count). The van der Waals surface area contributed by atoms with E-state index in [4.69, 9.17) is 10.2 Å². The van der Waals surface area contributed by atoms with Gasteiger partial charge in [-0.15, -0.1) is 0 Å². The molecule has 5 heteroatoms. The molecule has 0 atom stereocenters. The molecule has 2 N–H and O–H groups in total. The number of imidazole rings is 1. The van der Waals surface area contributed by atoms with Crippen molar-refractivity contribution in [1.29, 1.82) is 0 Å². The van der Waals surface area contributed by atoms with Crippen LogP contribution in [0.2, 0.25) is 0 Å². The minimum atomic E-state index is -0.879. The van der Waals surface area contributed by atoms with Crippen molar-refractivity contribution in [3.8, 4) is 0 Å². The summed E-state index contributed by atoms with van der Waals surface area (Å²) in [5.41, 5.74) is 0.331. The van der Waals surface area contributed by atoms with Gasteiger partial charge < -0.3 is 14.8 Å². The van der Waals surface area contributed by atoms with Crippen molar-refractivity contribution in [3.05, 3.63) is 54.6 Å². The third-order valence-corrected chi connectivity index (χ3v) is 1.94. The number of nitrogens with zero attached hydrogens (tertiary/aromatic N) is 2. The Morgan fingerprint density at radius 3 is 2.41 bits per heavy atom. The fourth-order valence-electron chi connectivity index (χ4n) is 1.12. The molecule has 0 spiro atoms. The molecule has 1 aromatic carbocycles. The second kappa shape index (κ2) is 7.19. The van der Waals surface area contributed by atoms with Gasteiger partial charge in [0.2, 0.25) is 0 Å². The van der Waals surface area contributed by atoms with Gasteiger partial charge in [0.1, 0.15) is 0 Å². The van der Waals surface area contributed by atoms with Gasteiger partial charge in [-0.3, -0.25) is 0 Å². The highest BCUT2D eigenvalue weighted by molar-refractivity contribution is 5.87. The van der Waals surface area contributed by atoms with Crippen LogP contribution in [0, 0.1) is 0 Å². The molecule has 0 amide bonds. The maximum Gasteiger partial charge on any atom is 0.335 e. The van der Waals surface area contributed by atoms with Gasteiger partial charge in [-0.1, -0.05) is 18.2 Å². The molecular weight excluding hydrogens is 220 g/mol. The third-order valence-electron chi connectivity index (χ3n) is 1.94. The third kappa shape index (κ3) is 4.94. The molecule has 0 aliphatic heterocycles. The first kappa shape index (κ1) is 12.9. The first-order chi connectivity index (χ1) is 8.24. The van der Waals surface area contributed by atoms with Gasteiger partial charge >= 0.3 is 5.97 Å². The van der Waals surface area contributed by atoms with E-state index in [1.807, 2.05) is 10.8 Å². The molecule has 0 fully saturated rings. The van der Waals surface area contributed by atoms with Gasteiger partial charge in [0.25, 0.3) is 0 Å². The number of aliphatic hydroxyl groups excluding tert-OH is 1. The SMILES string of the molecule is O=C(O)c1ccccc1.OCCn1ccnc1. The number of aromatic carboxylic acids is 1. The van der Waals surface area contributed by atoms with Crippen LogP contribution in [0.1, 0.15) is 10.4 Å². The molecule has 0 aliphatic carbocycles. The quantitative estimate of drug-likeness (QED) is 0.838. The Morgan fingerprint density at radius 1 is 1.29 bits per heavy atom. The number of carbonyl (C=O) groups is 1. The largest absolute Gasteiger partial charge is 0.478 e. The maximum atomic E-state index is 10.2. The van der Waals surface area contributed by atoms with Gasteiger partial charge in [0.05, 0.1) is 18.5 Å². The Morgan fingerprint density at radius 2 is 2.00 bits per heavy atom. The Kier molecular flexibility index (Phi) is 5.46. The molecule has 0 bridgehead atoms. The molecule has 90 valence electrons. The number of aromatic nitrogens is 2. The van der Waals surface area contributed by atoms with Crippen molar-refractivity contribution in [1.82, 2.24) is 9.55 Å². The minimum Gasteiger partial charge on any atom is -0.478 e. The van der Waals surface area contributed by atoms with Gasteiger partial charge in [0, 0.05) is 18.9 Å². The Bertz CT molecular complexity index is 426. The molecule has 1 aromatic heterocycles. The summed E-state index contributed by atoms with van der Waals surface area (Å²) in [6.45, 7) is 0.816. The lowest BCUT2D eigenvalue weighted by Gasteiger charge is -1.92. The molecule has 0 unspecified atom stereocenters. The van der Waals surface area contributed by atoms with Crippen LogP contribution >= 0.6 is 0 Å². The highest BCUT2D eigenvalue weighted by Gasteiger charge is 1.96. The number of hydrogen-bond donors (Lipinski definition) is 2. The summed E-state index contributed by atoms with van der Waals surface area (Å²) < 4.78 is 1.82. The summed E-state index contributed by atoms with van der Waals surface area (Å²) in [5.74, 6) is -0.879. The van der Waals surface area contributed by atoms with Crippen LogP contribution in [0.5, 0.6) is 0 Å². The molecule has 0 radical (unpaired) electrons. The second-order valence-electron chi connectivity index (χ2n) is 3.20. The lowest BCUT2D eigenvalue weighted by atomic mass is 10.2. The Labute approximate surface area is 99.0 Å². The maximum absolute atomic E-state index is 10.2. The molecular formula is C12H14N2O3. The highest BCUT2D eigenvalue weighted by atomic mass is 16.4. The summed E-state index contributed by atoms with van der Waals surface area (Å²) in [7, 11) is 0. The fraction of sp³-hybridized carbons (Fsp3) is 0.167. The van der Waals surface area contributed by atoms with Crippen molar-refractivity contribution < 1.29 is 15.0 Å². The lowest BCUT2D eigenvalue weighted by molar-refractivity contribution is 0.0697. The lowest BCUT2D eigenvalue weighted by Crippen LogP contribution is -1.97. The standard InChI is InChI=1S/C7H6O2.C5H8N2O/c8-7(9)6-4-2-1-3-5-6;8-4-3-7-2-1-6-5-7/h1-5H,(H,8,9);1-2,5,8H,3-4H2. The van der Waals surface area contributed by atoms with E-state index in [0.717, 1.165) is 0 Å². The summed E-state index contributed by atoms with van der Waals surface area (Å²) >= 11 is 0. The van der Waals surface area contributed by atoms with E-state index in [9.17, 15) is 4.79 Å². The predicted octanol–water partition coefficient (Wildman–Crippen LogP) is 1.26. The van der Waals surface area contributed by atoms with Gasteiger partial charge in [0.15, 0.2) is 0 Å². The van der Waals surface area contributed by atoms with E-state index < -0.39 is 5.97 Å². The van der Waals surface area contributed by atoms with Crippen molar-refractivity contribution in [2.24, 2.45) is 0 Å². The smallest absolute Gasteiger partial charge is 0.335 e. The number of hydrogen-bond acceptors (Lipinski definition) is 3. The minimum absolute atomic E-state index is 0.177. The molecule has 5 nitrogen and oxygen atoms in total. The summed E-state index contributed by atoms with van der Waals surface area (Å²) in [4.78, 5) is 14.0. The zero-order valence-corrected chi connectivity index (χ0v) is 9.23. The van der Waals surface area contributed by atoms with Crippen LogP contribution in [0.25, 0.3) is 0 Å². The summed E-state index contributed by atoms with van der Waals surface area (Å²) in [5, 5.41) is 16.8. The topological polar surface area (TPSA) is 75.3 Å². The molecule has 1 heterocycles. The van der Waals surface area contributed by atoms with E-state index >= 15 is 0 Å².